The van der Waals surface area contributed by atoms with Gasteiger partial charge in [-0.1, -0.05) is 58.0 Å². The lowest BCUT2D eigenvalue weighted by Gasteiger charge is -2.34. The number of rotatable bonds is 7. The number of aliphatic imine (C=N–C) groups is 1. The molecule has 0 spiro atoms. The zero-order valence-corrected chi connectivity index (χ0v) is 17.4. The third-order valence-corrected chi connectivity index (χ3v) is 5.04. The summed E-state index contributed by atoms with van der Waals surface area (Å²) in [5, 5.41) is 7.17. The summed E-state index contributed by atoms with van der Waals surface area (Å²) in [5.74, 6) is 1.69. The highest BCUT2D eigenvalue weighted by Gasteiger charge is 2.22. The van der Waals surface area contributed by atoms with E-state index in [1.165, 1.54) is 38.0 Å². The van der Waals surface area contributed by atoms with E-state index in [4.69, 9.17) is 0 Å². The first kappa shape index (κ1) is 20.8. The van der Waals surface area contributed by atoms with E-state index < -0.39 is 0 Å². The molecule has 1 aliphatic rings. The summed E-state index contributed by atoms with van der Waals surface area (Å²) in [5.41, 5.74) is 1.57. The van der Waals surface area contributed by atoms with Crippen LogP contribution >= 0.6 is 0 Å². The summed E-state index contributed by atoms with van der Waals surface area (Å²) in [6, 6.07) is 11.3. The van der Waals surface area contributed by atoms with E-state index in [0.717, 1.165) is 24.8 Å². The highest BCUT2D eigenvalue weighted by Crippen LogP contribution is 2.20. The number of nitrogens with zero attached hydrogens (tertiary/aromatic N) is 2. The molecule has 0 amide bonds. The van der Waals surface area contributed by atoms with Crippen LogP contribution in [0.4, 0.5) is 0 Å². The predicted octanol–water partition coefficient (Wildman–Crippen LogP) is 3.54. The molecule has 0 atom stereocenters. The van der Waals surface area contributed by atoms with Crippen LogP contribution in [-0.4, -0.2) is 50.1 Å². The summed E-state index contributed by atoms with van der Waals surface area (Å²) in [4.78, 5) is 7.03. The molecule has 1 fully saturated rings. The van der Waals surface area contributed by atoms with Crippen LogP contribution in [0.5, 0.6) is 0 Å². The number of guanidine groups is 1. The quantitative estimate of drug-likeness (QED) is 0.578. The van der Waals surface area contributed by atoms with Gasteiger partial charge in [0.25, 0.3) is 0 Å². The van der Waals surface area contributed by atoms with Crippen molar-refractivity contribution in [3.63, 3.8) is 0 Å². The molecule has 4 heteroatoms. The highest BCUT2D eigenvalue weighted by atomic mass is 15.2. The molecule has 1 saturated heterocycles. The Morgan fingerprint density at radius 2 is 1.85 bits per heavy atom. The zero-order valence-electron chi connectivity index (χ0n) is 17.4. The maximum Gasteiger partial charge on any atom is 0.191 e. The summed E-state index contributed by atoms with van der Waals surface area (Å²) in [6.07, 6.45) is 3.45. The number of nitrogens with one attached hydrogen (secondary N) is 2. The molecule has 2 rings (SSSR count). The van der Waals surface area contributed by atoms with Gasteiger partial charge in [-0.2, -0.15) is 0 Å². The first-order chi connectivity index (χ1) is 12.4. The average molecular weight is 359 g/mol. The minimum absolute atomic E-state index is 0.180. The molecule has 2 N–H and O–H groups in total. The van der Waals surface area contributed by atoms with Crippen molar-refractivity contribution in [2.45, 2.75) is 53.0 Å². The normalized spacial score (nSPS) is 17.5. The number of hydrogen-bond acceptors (Lipinski definition) is 2. The fraction of sp³-hybridized carbons (Fsp3) is 0.682. The Bertz CT molecular complexity index is 543. The molecule has 0 aliphatic carbocycles. The lowest BCUT2D eigenvalue weighted by atomic mass is 9.86. The number of piperidine rings is 1. The van der Waals surface area contributed by atoms with Gasteiger partial charge >= 0.3 is 0 Å². The molecule has 1 aromatic carbocycles. The average Bonchev–Trinajstić information content (AvgIpc) is 2.60. The molecular formula is C22H38N4. The van der Waals surface area contributed by atoms with E-state index >= 15 is 0 Å². The van der Waals surface area contributed by atoms with Gasteiger partial charge in [-0.3, -0.25) is 4.99 Å². The predicted molar refractivity (Wildman–Crippen MR) is 113 cm³/mol. The van der Waals surface area contributed by atoms with Gasteiger partial charge < -0.3 is 15.5 Å². The fourth-order valence-corrected chi connectivity index (χ4v) is 3.70. The van der Waals surface area contributed by atoms with E-state index in [9.17, 15) is 0 Å². The van der Waals surface area contributed by atoms with Gasteiger partial charge in [0.2, 0.25) is 0 Å². The van der Waals surface area contributed by atoms with Crippen molar-refractivity contribution in [2.24, 2.45) is 16.3 Å². The van der Waals surface area contributed by atoms with E-state index in [-0.39, 0.29) is 5.41 Å². The Labute approximate surface area is 160 Å². The minimum atomic E-state index is 0.180. The van der Waals surface area contributed by atoms with Gasteiger partial charge in [-0.25, -0.2) is 0 Å². The third-order valence-electron chi connectivity index (χ3n) is 5.04. The van der Waals surface area contributed by atoms with Crippen LogP contribution in [0.3, 0.4) is 0 Å². The summed E-state index contributed by atoms with van der Waals surface area (Å²) in [6.45, 7) is 13.7. The molecule has 0 unspecified atom stereocenters. The van der Waals surface area contributed by atoms with Crippen molar-refractivity contribution in [2.75, 3.05) is 33.2 Å². The molecule has 0 aromatic heterocycles. The molecule has 146 valence electrons. The third kappa shape index (κ3) is 7.36. The van der Waals surface area contributed by atoms with Crippen molar-refractivity contribution in [3.8, 4) is 0 Å². The Kier molecular flexibility index (Phi) is 7.95. The Morgan fingerprint density at radius 3 is 2.42 bits per heavy atom. The maximum atomic E-state index is 4.44. The monoisotopic (exact) mass is 358 g/mol. The van der Waals surface area contributed by atoms with Gasteiger partial charge in [0.05, 0.1) is 0 Å². The molecule has 1 heterocycles. The van der Waals surface area contributed by atoms with E-state index in [1.54, 1.807) is 0 Å². The molecule has 0 saturated carbocycles. The smallest absolute Gasteiger partial charge is 0.191 e. The summed E-state index contributed by atoms with van der Waals surface area (Å²) < 4.78 is 0. The second-order valence-corrected chi connectivity index (χ2v) is 8.87. The van der Waals surface area contributed by atoms with Crippen molar-refractivity contribution in [3.05, 3.63) is 35.9 Å². The first-order valence-electron chi connectivity index (χ1n) is 10.1. The minimum Gasteiger partial charge on any atom is -0.356 e. The van der Waals surface area contributed by atoms with Crippen LogP contribution in [0.2, 0.25) is 0 Å². The fourth-order valence-electron chi connectivity index (χ4n) is 3.70. The van der Waals surface area contributed by atoms with Gasteiger partial charge in [-0.15, -0.1) is 0 Å². The SMILES string of the molecule is CN=C(NCC(C)(C)Cc1ccccc1)NC1CCN(CC(C)C)CC1. The highest BCUT2D eigenvalue weighted by molar-refractivity contribution is 5.80. The Hall–Kier alpha value is -1.55. The van der Waals surface area contributed by atoms with Crippen LogP contribution in [0.25, 0.3) is 0 Å². The van der Waals surface area contributed by atoms with Crippen molar-refractivity contribution in [1.82, 2.24) is 15.5 Å². The second-order valence-electron chi connectivity index (χ2n) is 8.87. The van der Waals surface area contributed by atoms with Crippen LogP contribution < -0.4 is 10.6 Å². The van der Waals surface area contributed by atoms with Crippen molar-refractivity contribution in [1.29, 1.82) is 0 Å². The lowest BCUT2D eigenvalue weighted by Crippen LogP contribution is -2.50. The number of hydrogen-bond donors (Lipinski definition) is 2. The van der Waals surface area contributed by atoms with Gasteiger partial charge in [0, 0.05) is 39.3 Å². The van der Waals surface area contributed by atoms with E-state index in [0.29, 0.717) is 6.04 Å². The van der Waals surface area contributed by atoms with Crippen LogP contribution in [0.1, 0.15) is 46.1 Å². The van der Waals surface area contributed by atoms with E-state index in [1.807, 2.05) is 7.05 Å². The zero-order chi connectivity index (χ0) is 19.0. The Morgan fingerprint density at radius 1 is 1.19 bits per heavy atom. The van der Waals surface area contributed by atoms with Crippen LogP contribution in [-0.2, 0) is 6.42 Å². The largest absolute Gasteiger partial charge is 0.356 e. The van der Waals surface area contributed by atoms with Gasteiger partial charge in [-0.05, 0) is 36.2 Å². The lowest BCUT2D eigenvalue weighted by molar-refractivity contribution is 0.186. The van der Waals surface area contributed by atoms with Crippen LogP contribution in [0, 0.1) is 11.3 Å². The molecule has 1 aliphatic heterocycles. The summed E-state index contributed by atoms with van der Waals surface area (Å²) in [7, 11) is 1.87. The van der Waals surface area contributed by atoms with Gasteiger partial charge in [0.15, 0.2) is 5.96 Å². The first-order valence-corrected chi connectivity index (χ1v) is 10.1. The molecular weight excluding hydrogens is 320 g/mol. The molecule has 4 nitrogen and oxygen atoms in total. The van der Waals surface area contributed by atoms with Gasteiger partial charge in [0.1, 0.15) is 0 Å². The molecule has 0 bridgehead atoms. The maximum absolute atomic E-state index is 4.44. The number of likely N-dealkylation sites (tertiary alicyclic amines) is 1. The van der Waals surface area contributed by atoms with Crippen molar-refractivity contribution < 1.29 is 0 Å². The topological polar surface area (TPSA) is 39.7 Å². The molecule has 1 aromatic rings. The Balaban J connectivity index is 1.75. The second kappa shape index (κ2) is 9.96. The number of benzene rings is 1. The summed E-state index contributed by atoms with van der Waals surface area (Å²) >= 11 is 0. The molecule has 0 radical (unpaired) electrons. The standard InChI is InChI=1S/C22H38N4/c1-18(2)16-26-13-11-20(12-14-26)25-21(23-5)24-17-22(3,4)15-19-9-7-6-8-10-19/h6-10,18,20H,11-17H2,1-5H3,(H2,23,24,25). The van der Waals surface area contributed by atoms with Crippen LogP contribution in [0.15, 0.2) is 35.3 Å². The molecule has 26 heavy (non-hydrogen) atoms. The van der Waals surface area contributed by atoms with Crippen molar-refractivity contribution >= 4 is 5.96 Å². The van der Waals surface area contributed by atoms with E-state index in [2.05, 4.69) is 78.6 Å².